The summed E-state index contributed by atoms with van der Waals surface area (Å²) in [6.45, 7) is 1.74. The molecule has 0 aliphatic rings. The third-order valence-electron chi connectivity index (χ3n) is 3.38. The van der Waals surface area contributed by atoms with Crippen LogP contribution in [0.15, 0.2) is 23.4 Å². The van der Waals surface area contributed by atoms with E-state index in [2.05, 4.69) is 15.5 Å². The number of primary amides is 1. The van der Waals surface area contributed by atoms with Gasteiger partial charge in [0.1, 0.15) is 5.82 Å². The monoisotopic (exact) mass is 401 g/mol. The number of amides is 2. The number of thioether (sulfide) groups is 1. The molecule has 1 heterocycles. The Morgan fingerprint density at radius 2 is 1.96 bits per heavy atom. The lowest BCUT2D eigenvalue weighted by Crippen LogP contribution is -2.23. The first kappa shape index (κ1) is 19.6. The van der Waals surface area contributed by atoms with Gasteiger partial charge in [-0.15, -0.1) is 10.2 Å². The Balaban J connectivity index is 2.03. The van der Waals surface area contributed by atoms with Gasteiger partial charge in [0, 0.05) is 19.9 Å². The maximum atomic E-state index is 12.4. The van der Waals surface area contributed by atoms with Crippen molar-refractivity contribution in [1.29, 1.82) is 0 Å². The normalized spacial score (nSPS) is 12.0. The molecule has 1 aromatic carbocycles. The van der Waals surface area contributed by atoms with Crippen molar-refractivity contribution in [2.75, 3.05) is 5.32 Å². The molecule has 1 aromatic heterocycles. The van der Waals surface area contributed by atoms with Crippen LogP contribution >= 0.6 is 35.0 Å². The van der Waals surface area contributed by atoms with Crippen molar-refractivity contribution < 1.29 is 9.59 Å². The second-order valence-electron chi connectivity index (χ2n) is 5.27. The molecule has 0 saturated carbocycles. The molecule has 3 N–H and O–H groups in total. The van der Waals surface area contributed by atoms with Crippen LogP contribution in [-0.4, -0.2) is 31.8 Å². The Kier molecular flexibility index (Phi) is 6.69. The first-order chi connectivity index (χ1) is 11.8. The van der Waals surface area contributed by atoms with E-state index in [9.17, 15) is 9.59 Å². The lowest BCUT2D eigenvalue weighted by molar-refractivity contribution is -0.118. The number of anilines is 1. The molecule has 0 radical (unpaired) electrons. The number of benzene rings is 1. The van der Waals surface area contributed by atoms with Crippen molar-refractivity contribution in [3.63, 3.8) is 0 Å². The fraction of sp³-hybridized carbons (Fsp3) is 0.333. The summed E-state index contributed by atoms with van der Waals surface area (Å²) in [5.74, 6) is -0.0358. The van der Waals surface area contributed by atoms with Crippen LogP contribution in [0.25, 0.3) is 0 Å². The number of carbonyl (C=O) groups is 2. The molecule has 2 rings (SSSR count). The largest absolute Gasteiger partial charge is 0.370 e. The zero-order valence-electron chi connectivity index (χ0n) is 13.6. The van der Waals surface area contributed by atoms with E-state index in [-0.39, 0.29) is 12.3 Å². The van der Waals surface area contributed by atoms with Crippen molar-refractivity contribution in [3.8, 4) is 0 Å². The van der Waals surface area contributed by atoms with Crippen LogP contribution in [0.5, 0.6) is 0 Å². The highest BCUT2D eigenvalue weighted by atomic mass is 35.5. The van der Waals surface area contributed by atoms with E-state index >= 15 is 0 Å². The number of rotatable bonds is 7. The average Bonchev–Trinajstić information content (AvgIpc) is 2.89. The van der Waals surface area contributed by atoms with Crippen LogP contribution < -0.4 is 11.1 Å². The number of nitrogens with one attached hydrogen (secondary N) is 1. The highest BCUT2D eigenvalue weighted by molar-refractivity contribution is 8.00. The van der Waals surface area contributed by atoms with Crippen LogP contribution in [0.3, 0.4) is 0 Å². The average molecular weight is 402 g/mol. The second-order valence-corrected chi connectivity index (χ2v) is 7.39. The van der Waals surface area contributed by atoms with Crippen molar-refractivity contribution in [2.45, 2.75) is 30.2 Å². The Bertz CT molecular complexity index is 776. The molecule has 10 heteroatoms. The molecule has 0 bridgehead atoms. The number of nitrogens with zero attached hydrogens (tertiary/aromatic N) is 3. The molecule has 7 nitrogen and oxygen atoms in total. The van der Waals surface area contributed by atoms with Crippen LogP contribution in [0.1, 0.15) is 19.2 Å². The van der Waals surface area contributed by atoms with E-state index in [0.29, 0.717) is 33.1 Å². The van der Waals surface area contributed by atoms with Gasteiger partial charge in [0.2, 0.25) is 11.8 Å². The van der Waals surface area contributed by atoms with Gasteiger partial charge in [-0.2, -0.15) is 0 Å². The Morgan fingerprint density at radius 3 is 2.56 bits per heavy atom. The molecule has 1 atom stereocenters. The topological polar surface area (TPSA) is 103 Å². The van der Waals surface area contributed by atoms with Gasteiger partial charge in [-0.25, -0.2) is 0 Å². The molecule has 2 amide bonds. The second kappa shape index (κ2) is 8.55. The summed E-state index contributed by atoms with van der Waals surface area (Å²) in [5.41, 5.74) is 5.52. The third kappa shape index (κ3) is 5.10. The van der Waals surface area contributed by atoms with Crippen LogP contribution in [-0.2, 0) is 23.1 Å². The molecule has 2 aromatic rings. The molecule has 134 valence electrons. The summed E-state index contributed by atoms with van der Waals surface area (Å²) in [7, 11) is 1.77. The van der Waals surface area contributed by atoms with E-state index < -0.39 is 11.2 Å². The summed E-state index contributed by atoms with van der Waals surface area (Å²) < 4.78 is 1.74. The van der Waals surface area contributed by atoms with Crippen molar-refractivity contribution in [2.24, 2.45) is 12.8 Å². The maximum Gasteiger partial charge on any atom is 0.237 e. The molecule has 0 aliphatic heterocycles. The minimum atomic E-state index is -0.459. The molecular formula is C15H17Cl2N5O2S. The van der Waals surface area contributed by atoms with Crippen LogP contribution in [0, 0.1) is 0 Å². The first-order valence-electron chi connectivity index (χ1n) is 7.37. The van der Waals surface area contributed by atoms with Crippen molar-refractivity contribution >= 4 is 52.5 Å². The number of halogens is 2. The molecule has 0 aliphatic carbocycles. The smallest absolute Gasteiger partial charge is 0.237 e. The number of aromatic nitrogens is 3. The number of para-hydroxylation sites is 1. The van der Waals surface area contributed by atoms with Gasteiger partial charge in [0.15, 0.2) is 5.16 Å². The number of aryl methyl sites for hydroxylation is 1. The van der Waals surface area contributed by atoms with Crippen LogP contribution in [0.4, 0.5) is 5.69 Å². The summed E-state index contributed by atoms with van der Waals surface area (Å²) in [5, 5.41) is 11.6. The highest BCUT2D eigenvalue weighted by Gasteiger charge is 2.20. The first-order valence-corrected chi connectivity index (χ1v) is 9.01. The Hall–Kier alpha value is -1.77. The minimum Gasteiger partial charge on any atom is -0.370 e. The molecule has 0 unspecified atom stereocenters. The van der Waals surface area contributed by atoms with Gasteiger partial charge < -0.3 is 15.6 Å². The van der Waals surface area contributed by atoms with E-state index in [1.807, 2.05) is 0 Å². The van der Waals surface area contributed by atoms with Crippen molar-refractivity contribution in [1.82, 2.24) is 14.8 Å². The highest BCUT2D eigenvalue weighted by Crippen LogP contribution is 2.31. The predicted molar refractivity (Wildman–Crippen MR) is 98.9 cm³/mol. The lowest BCUT2D eigenvalue weighted by Gasteiger charge is -2.13. The summed E-state index contributed by atoms with van der Waals surface area (Å²) >= 11 is 13.4. The SMILES string of the molecule is C[C@H](Sc1nnc(CCC(N)=O)n1C)C(=O)Nc1c(Cl)cccc1Cl. The molecule has 0 spiro atoms. The fourth-order valence-electron chi connectivity index (χ4n) is 1.95. The van der Waals surface area contributed by atoms with Crippen LogP contribution in [0.2, 0.25) is 10.0 Å². The number of nitrogens with two attached hydrogens (primary N) is 1. The summed E-state index contributed by atoms with van der Waals surface area (Å²) in [6.07, 6.45) is 0.590. The Labute approximate surface area is 159 Å². The zero-order valence-corrected chi connectivity index (χ0v) is 16.0. The lowest BCUT2D eigenvalue weighted by atomic mass is 10.3. The minimum absolute atomic E-state index is 0.192. The summed E-state index contributed by atoms with van der Waals surface area (Å²) in [4.78, 5) is 23.3. The van der Waals surface area contributed by atoms with E-state index in [4.69, 9.17) is 28.9 Å². The maximum absolute atomic E-state index is 12.4. The Morgan fingerprint density at radius 1 is 1.32 bits per heavy atom. The number of hydrogen-bond acceptors (Lipinski definition) is 5. The van der Waals surface area contributed by atoms with Gasteiger partial charge >= 0.3 is 0 Å². The standard InChI is InChI=1S/C15H17Cl2N5O2S/c1-8(14(24)19-13-9(16)4-3-5-10(13)17)25-15-21-20-12(22(15)2)7-6-11(18)23/h3-5,8H,6-7H2,1-2H3,(H2,18,23)(H,19,24)/t8-/m0/s1. The number of hydrogen-bond donors (Lipinski definition) is 2. The van der Waals surface area contributed by atoms with Gasteiger partial charge in [0.05, 0.1) is 21.0 Å². The van der Waals surface area contributed by atoms with Gasteiger partial charge in [-0.05, 0) is 19.1 Å². The fourth-order valence-corrected chi connectivity index (χ4v) is 3.28. The molecular weight excluding hydrogens is 385 g/mol. The van der Waals surface area contributed by atoms with Crippen molar-refractivity contribution in [3.05, 3.63) is 34.1 Å². The van der Waals surface area contributed by atoms with Gasteiger partial charge in [-0.1, -0.05) is 41.0 Å². The quantitative estimate of drug-likeness (QED) is 0.694. The zero-order chi connectivity index (χ0) is 18.6. The predicted octanol–water partition coefficient (Wildman–Crippen LogP) is 2.66. The van der Waals surface area contributed by atoms with Gasteiger partial charge in [-0.3, -0.25) is 9.59 Å². The summed E-state index contributed by atoms with van der Waals surface area (Å²) in [6, 6.07) is 4.99. The van der Waals surface area contributed by atoms with E-state index in [0.717, 1.165) is 0 Å². The van der Waals surface area contributed by atoms with Gasteiger partial charge in [0.25, 0.3) is 0 Å². The van der Waals surface area contributed by atoms with E-state index in [1.165, 1.54) is 11.8 Å². The molecule has 0 fully saturated rings. The molecule has 25 heavy (non-hydrogen) atoms. The molecule has 0 saturated heterocycles. The number of carbonyl (C=O) groups excluding carboxylic acids is 2. The van der Waals surface area contributed by atoms with E-state index in [1.54, 1.807) is 36.7 Å². The third-order valence-corrected chi connectivity index (χ3v) is 5.15.